The molecule has 2 fully saturated rings. The monoisotopic (exact) mass is 256 g/mol. The largest absolute Gasteiger partial charge is 0.379 e. The summed E-state index contributed by atoms with van der Waals surface area (Å²) in [7, 11) is 0. The standard InChI is InChI=1S/C13H24N2O3/c16-13(10-18-12-3-5-14-6-4-12)15-7-8-17-9-11-1-2-11/h11-12,14H,1-10H2,(H,15,16). The van der Waals surface area contributed by atoms with Crippen LogP contribution in [0.2, 0.25) is 0 Å². The second-order valence-electron chi connectivity index (χ2n) is 5.13. The summed E-state index contributed by atoms with van der Waals surface area (Å²) in [4.78, 5) is 11.5. The van der Waals surface area contributed by atoms with Crippen molar-refractivity contribution in [2.24, 2.45) is 5.92 Å². The fourth-order valence-electron chi connectivity index (χ4n) is 2.00. The number of rotatable bonds is 8. The molecule has 2 aliphatic rings. The first-order valence-electron chi connectivity index (χ1n) is 7.01. The molecule has 5 nitrogen and oxygen atoms in total. The van der Waals surface area contributed by atoms with Crippen LogP contribution in [0.3, 0.4) is 0 Å². The van der Waals surface area contributed by atoms with E-state index >= 15 is 0 Å². The van der Waals surface area contributed by atoms with E-state index in [-0.39, 0.29) is 18.6 Å². The summed E-state index contributed by atoms with van der Waals surface area (Å²) in [5, 5.41) is 6.08. The van der Waals surface area contributed by atoms with Crippen LogP contribution in [0.15, 0.2) is 0 Å². The van der Waals surface area contributed by atoms with Gasteiger partial charge in [0, 0.05) is 13.2 Å². The second kappa shape index (κ2) is 7.71. The topological polar surface area (TPSA) is 59.6 Å². The number of carbonyl (C=O) groups is 1. The van der Waals surface area contributed by atoms with Crippen LogP contribution in [0.25, 0.3) is 0 Å². The predicted molar refractivity (Wildman–Crippen MR) is 68.4 cm³/mol. The number of amides is 1. The zero-order valence-electron chi connectivity index (χ0n) is 11.0. The first-order chi connectivity index (χ1) is 8.84. The Hall–Kier alpha value is -0.650. The van der Waals surface area contributed by atoms with E-state index < -0.39 is 0 Å². The van der Waals surface area contributed by atoms with E-state index in [2.05, 4.69) is 10.6 Å². The Labute approximate surface area is 109 Å². The lowest BCUT2D eigenvalue weighted by Gasteiger charge is -2.22. The molecule has 5 heteroatoms. The van der Waals surface area contributed by atoms with E-state index in [9.17, 15) is 4.79 Å². The molecule has 0 aromatic carbocycles. The van der Waals surface area contributed by atoms with E-state index in [4.69, 9.17) is 9.47 Å². The minimum absolute atomic E-state index is 0.0384. The minimum atomic E-state index is -0.0384. The van der Waals surface area contributed by atoms with E-state index in [1.165, 1.54) is 12.8 Å². The molecule has 0 spiro atoms. The van der Waals surface area contributed by atoms with Crippen LogP contribution >= 0.6 is 0 Å². The molecule has 1 heterocycles. The molecule has 2 N–H and O–H groups in total. The number of hydrogen-bond acceptors (Lipinski definition) is 4. The van der Waals surface area contributed by atoms with Gasteiger partial charge in [0.05, 0.1) is 12.7 Å². The van der Waals surface area contributed by atoms with E-state index in [0.717, 1.165) is 38.5 Å². The van der Waals surface area contributed by atoms with Crippen LogP contribution < -0.4 is 10.6 Å². The molecule has 0 unspecified atom stereocenters. The Morgan fingerprint density at radius 3 is 2.72 bits per heavy atom. The Morgan fingerprint density at radius 1 is 1.22 bits per heavy atom. The van der Waals surface area contributed by atoms with Crippen LogP contribution in [-0.4, -0.2) is 51.5 Å². The Balaban J connectivity index is 1.41. The maximum absolute atomic E-state index is 11.5. The number of piperidine rings is 1. The summed E-state index contributed by atoms with van der Waals surface area (Å²) in [5.74, 6) is 0.743. The molecule has 1 aliphatic carbocycles. The van der Waals surface area contributed by atoms with Crippen molar-refractivity contribution in [3.05, 3.63) is 0 Å². The van der Waals surface area contributed by atoms with Crippen molar-refractivity contribution >= 4 is 5.91 Å². The van der Waals surface area contributed by atoms with Crippen molar-refractivity contribution in [3.8, 4) is 0 Å². The highest BCUT2D eigenvalue weighted by Gasteiger charge is 2.20. The van der Waals surface area contributed by atoms with Gasteiger partial charge in [0.15, 0.2) is 0 Å². The number of ether oxygens (including phenoxy) is 2. The molecule has 0 radical (unpaired) electrons. The second-order valence-corrected chi connectivity index (χ2v) is 5.13. The van der Waals surface area contributed by atoms with Crippen molar-refractivity contribution < 1.29 is 14.3 Å². The van der Waals surface area contributed by atoms with Gasteiger partial charge in [-0.1, -0.05) is 0 Å². The van der Waals surface area contributed by atoms with Crippen molar-refractivity contribution in [1.29, 1.82) is 0 Å². The van der Waals surface area contributed by atoms with Crippen molar-refractivity contribution in [2.45, 2.75) is 31.8 Å². The number of carbonyl (C=O) groups excluding carboxylic acids is 1. The van der Waals surface area contributed by atoms with Gasteiger partial charge in [0.25, 0.3) is 0 Å². The zero-order valence-corrected chi connectivity index (χ0v) is 11.0. The lowest BCUT2D eigenvalue weighted by Crippen LogP contribution is -2.36. The van der Waals surface area contributed by atoms with Gasteiger partial charge in [-0.05, 0) is 44.7 Å². The molecular formula is C13H24N2O3. The highest BCUT2D eigenvalue weighted by Crippen LogP contribution is 2.28. The Bertz CT molecular complexity index is 251. The van der Waals surface area contributed by atoms with Crippen molar-refractivity contribution in [2.75, 3.05) is 39.5 Å². The summed E-state index contributed by atoms with van der Waals surface area (Å²) < 4.78 is 11.0. The van der Waals surface area contributed by atoms with Crippen LogP contribution in [0.1, 0.15) is 25.7 Å². The van der Waals surface area contributed by atoms with Crippen LogP contribution in [0.5, 0.6) is 0 Å². The molecule has 104 valence electrons. The van der Waals surface area contributed by atoms with E-state index in [1.54, 1.807) is 0 Å². The van der Waals surface area contributed by atoms with E-state index in [1.807, 2.05) is 0 Å². The normalized spacial score (nSPS) is 20.9. The van der Waals surface area contributed by atoms with Gasteiger partial charge < -0.3 is 20.1 Å². The van der Waals surface area contributed by atoms with Crippen LogP contribution in [0.4, 0.5) is 0 Å². The maximum Gasteiger partial charge on any atom is 0.246 e. The lowest BCUT2D eigenvalue weighted by molar-refractivity contribution is -0.128. The third-order valence-corrected chi connectivity index (χ3v) is 3.36. The van der Waals surface area contributed by atoms with Gasteiger partial charge >= 0.3 is 0 Å². The van der Waals surface area contributed by atoms with Crippen LogP contribution in [0, 0.1) is 5.92 Å². The summed E-state index contributed by atoms with van der Waals surface area (Å²) in [6.07, 6.45) is 4.84. The number of hydrogen-bond donors (Lipinski definition) is 2. The third kappa shape index (κ3) is 5.80. The summed E-state index contributed by atoms with van der Waals surface area (Å²) in [6.45, 7) is 4.19. The Kier molecular flexibility index (Phi) is 5.90. The molecule has 0 atom stereocenters. The molecule has 1 saturated carbocycles. The summed E-state index contributed by atoms with van der Waals surface area (Å²) in [6, 6.07) is 0. The predicted octanol–water partition coefficient (Wildman–Crippen LogP) is 0.298. The fraction of sp³-hybridized carbons (Fsp3) is 0.923. The molecule has 1 amide bonds. The molecular weight excluding hydrogens is 232 g/mol. The van der Waals surface area contributed by atoms with Crippen LogP contribution in [-0.2, 0) is 14.3 Å². The number of nitrogens with one attached hydrogen (secondary N) is 2. The zero-order chi connectivity index (χ0) is 12.6. The first-order valence-corrected chi connectivity index (χ1v) is 7.01. The summed E-state index contributed by atoms with van der Waals surface area (Å²) in [5.41, 5.74) is 0. The summed E-state index contributed by atoms with van der Waals surface area (Å²) >= 11 is 0. The first kappa shape index (κ1) is 13.8. The molecule has 18 heavy (non-hydrogen) atoms. The van der Waals surface area contributed by atoms with Gasteiger partial charge in [0.2, 0.25) is 5.91 Å². The molecule has 1 aliphatic heterocycles. The van der Waals surface area contributed by atoms with Gasteiger partial charge in [-0.25, -0.2) is 0 Å². The van der Waals surface area contributed by atoms with Gasteiger partial charge in [-0.15, -0.1) is 0 Å². The highest BCUT2D eigenvalue weighted by atomic mass is 16.5. The average molecular weight is 256 g/mol. The fourth-order valence-corrected chi connectivity index (χ4v) is 2.00. The minimum Gasteiger partial charge on any atom is -0.379 e. The molecule has 0 aromatic rings. The van der Waals surface area contributed by atoms with Crippen molar-refractivity contribution in [1.82, 2.24) is 10.6 Å². The Morgan fingerprint density at radius 2 is 2.00 bits per heavy atom. The maximum atomic E-state index is 11.5. The average Bonchev–Trinajstić information content (AvgIpc) is 3.21. The molecule has 1 saturated heterocycles. The SMILES string of the molecule is O=C(COC1CCNCC1)NCCOCC1CC1. The quantitative estimate of drug-likeness (QED) is 0.613. The van der Waals surface area contributed by atoms with Gasteiger partial charge in [-0.2, -0.15) is 0 Å². The van der Waals surface area contributed by atoms with Gasteiger partial charge in [0.1, 0.15) is 6.61 Å². The molecule has 2 rings (SSSR count). The smallest absolute Gasteiger partial charge is 0.246 e. The molecule has 0 aromatic heterocycles. The third-order valence-electron chi connectivity index (χ3n) is 3.36. The van der Waals surface area contributed by atoms with Gasteiger partial charge in [-0.3, -0.25) is 4.79 Å². The lowest BCUT2D eigenvalue weighted by atomic mass is 10.1. The highest BCUT2D eigenvalue weighted by molar-refractivity contribution is 5.77. The molecule has 0 bridgehead atoms. The van der Waals surface area contributed by atoms with E-state index in [0.29, 0.717) is 13.2 Å². The van der Waals surface area contributed by atoms with Crippen molar-refractivity contribution in [3.63, 3.8) is 0 Å².